The lowest BCUT2D eigenvalue weighted by molar-refractivity contribution is 0.0758. The number of methoxy groups -OCH3 is 1. The minimum absolute atomic E-state index is 0.0504. The van der Waals surface area contributed by atoms with Crippen molar-refractivity contribution in [2.24, 2.45) is 0 Å². The number of ether oxygens (including phenoxy) is 1. The summed E-state index contributed by atoms with van der Waals surface area (Å²) in [5.74, 6) is 0.527. The van der Waals surface area contributed by atoms with Crippen molar-refractivity contribution in [3.05, 3.63) is 29.8 Å². The molecule has 132 valence electrons. The summed E-state index contributed by atoms with van der Waals surface area (Å²) in [7, 11) is 1.56. The Kier molecular flexibility index (Phi) is 5.70. The summed E-state index contributed by atoms with van der Waals surface area (Å²) in [6, 6.07) is 7.16. The zero-order valence-electron chi connectivity index (χ0n) is 15.0. The van der Waals surface area contributed by atoms with Crippen molar-refractivity contribution in [1.29, 1.82) is 0 Å². The van der Waals surface area contributed by atoms with Gasteiger partial charge in [0.25, 0.3) is 5.91 Å². The van der Waals surface area contributed by atoms with Crippen LogP contribution in [0.3, 0.4) is 0 Å². The van der Waals surface area contributed by atoms with Crippen LogP contribution in [0.2, 0.25) is 0 Å². The molecule has 0 bridgehead atoms. The molecule has 0 unspecified atom stereocenters. The summed E-state index contributed by atoms with van der Waals surface area (Å²) in [4.78, 5) is 28.6. The minimum Gasteiger partial charge on any atom is -0.496 e. The predicted octanol–water partition coefficient (Wildman–Crippen LogP) is 2.35. The van der Waals surface area contributed by atoms with Crippen LogP contribution in [-0.2, 0) is 0 Å². The Labute approximate surface area is 143 Å². The SMILES string of the molecule is COc1ccccc1C(=O)N1CCCN(C(=O)NC(C)(C)C)CC1. The molecule has 1 fully saturated rings. The third-order valence-electron chi connectivity index (χ3n) is 3.89. The van der Waals surface area contributed by atoms with Gasteiger partial charge in [0, 0.05) is 31.7 Å². The Hall–Kier alpha value is -2.24. The van der Waals surface area contributed by atoms with Gasteiger partial charge in [-0.25, -0.2) is 4.79 Å². The molecule has 6 heteroatoms. The van der Waals surface area contributed by atoms with Crippen LogP contribution in [0.1, 0.15) is 37.6 Å². The highest BCUT2D eigenvalue weighted by molar-refractivity contribution is 5.97. The van der Waals surface area contributed by atoms with Crippen LogP contribution in [0.15, 0.2) is 24.3 Å². The van der Waals surface area contributed by atoms with Crippen molar-refractivity contribution >= 4 is 11.9 Å². The number of hydrogen-bond acceptors (Lipinski definition) is 3. The molecule has 0 aliphatic carbocycles. The first-order valence-corrected chi connectivity index (χ1v) is 8.31. The van der Waals surface area contributed by atoms with E-state index in [0.29, 0.717) is 37.5 Å². The van der Waals surface area contributed by atoms with E-state index in [1.165, 1.54) is 0 Å². The van der Waals surface area contributed by atoms with E-state index in [9.17, 15) is 9.59 Å². The van der Waals surface area contributed by atoms with Gasteiger partial charge >= 0.3 is 6.03 Å². The molecule has 1 aliphatic heterocycles. The molecule has 6 nitrogen and oxygen atoms in total. The van der Waals surface area contributed by atoms with Crippen LogP contribution in [0.5, 0.6) is 5.75 Å². The molecule has 1 aromatic carbocycles. The van der Waals surface area contributed by atoms with Gasteiger partial charge in [-0.15, -0.1) is 0 Å². The smallest absolute Gasteiger partial charge is 0.317 e. The Morgan fingerprint density at radius 3 is 2.33 bits per heavy atom. The molecule has 0 radical (unpaired) electrons. The van der Waals surface area contributed by atoms with E-state index < -0.39 is 0 Å². The monoisotopic (exact) mass is 333 g/mol. The first kappa shape index (κ1) is 18.1. The second-order valence-corrected chi connectivity index (χ2v) is 7.01. The van der Waals surface area contributed by atoms with E-state index in [4.69, 9.17) is 4.74 Å². The van der Waals surface area contributed by atoms with E-state index in [1.807, 2.05) is 32.9 Å². The molecule has 0 aromatic heterocycles. The predicted molar refractivity (Wildman–Crippen MR) is 93.4 cm³/mol. The summed E-state index contributed by atoms with van der Waals surface area (Å²) in [6.07, 6.45) is 0.762. The maximum absolute atomic E-state index is 12.8. The fourth-order valence-corrected chi connectivity index (χ4v) is 2.72. The third kappa shape index (κ3) is 4.63. The quantitative estimate of drug-likeness (QED) is 0.904. The Bertz CT molecular complexity index is 595. The number of benzene rings is 1. The molecule has 2 rings (SSSR count). The average molecular weight is 333 g/mol. The number of hydrogen-bond donors (Lipinski definition) is 1. The van der Waals surface area contributed by atoms with E-state index >= 15 is 0 Å². The van der Waals surface area contributed by atoms with Crippen molar-refractivity contribution in [3.8, 4) is 5.75 Å². The molecule has 1 heterocycles. The lowest BCUT2D eigenvalue weighted by Gasteiger charge is -2.27. The van der Waals surface area contributed by atoms with Gasteiger partial charge < -0.3 is 19.9 Å². The normalized spacial score (nSPS) is 15.7. The van der Waals surface area contributed by atoms with E-state index in [1.54, 1.807) is 29.0 Å². The molecule has 0 saturated carbocycles. The van der Waals surface area contributed by atoms with E-state index in [2.05, 4.69) is 5.32 Å². The largest absolute Gasteiger partial charge is 0.496 e. The molecular formula is C18H27N3O3. The second-order valence-electron chi connectivity index (χ2n) is 7.01. The first-order chi connectivity index (χ1) is 11.3. The van der Waals surface area contributed by atoms with Crippen molar-refractivity contribution in [2.75, 3.05) is 33.3 Å². The van der Waals surface area contributed by atoms with Gasteiger partial charge in [0.05, 0.1) is 12.7 Å². The molecule has 1 saturated heterocycles. The highest BCUT2D eigenvalue weighted by Gasteiger charge is 2.25. The van der Waals surface area contributed by atoms with Crippen molar-refractivity contribution < 1.29 is 14.3 Å². The van der Waals surface area contributed by atoms with Crippen LogP contribution < -0.4 is 10.1 Å². The number of nitrogens with one attached hydrogen (secondary N) is 1. The van der Waals surface area contributed by atoms with Gasteiger partial charge in [-0.1, -0.05) is 12.1 Å². The van der Waals surface area contributed by atoms with Crippen LogP contribution in [-0.4, -0.2) is 60.6 Å². The van der Waals surface area contributed by atoms with Crippen molar-refractivity contribution in [3.63, 3.8) is 0 Å². The summed E-state index contributed by atoms with van der Waals surface area (Å²) in [5, 5.41) is 2.97. The Balaban J connectivity index is 2.02. The summed E-state index contributed by atoms with van der Waals surface area (Å²) < 4.78 is 5.28. The Morgan fingerprint density at radius 2 is 1.67 bits per heavy atom. The molecule has 1 aliphatic rings. The van der Waals surface area contributed by atoms with Gasteiger partial charge in [0.15, 0.2) is 0 Å². The van der Waals surface area contributed by atoms with Gasteiger partial charge in [-0.3, -0.25) is 4.79 Å². The van der Waals surface area contributed by atoms with E-state index in [-0.39, 0.29) is 17.5 Å². The molecule has 3 amide bonds. The molecule has 0 atom stereocenters. The van der Waals surface area contributed by atoms with Crippen molar-refractivity contribution in [2.45, 2.75) is 32.7 Å². The van der Waals surface area contributed by atoms with Gasteiger partial charge in [0.2, 0.25) is 0 Å². The molecule has 1 N–H and O–H groups in total. The zero-order valence-corrected chi connectivity index (χ0v) is 15.0. The van der Waals surface area contributed by atoms with Crippen LogP contribution in [0, 0.1) is 0 Å². The zero-order chi connectivity index (χ0) is 17.7. The molecular weight excluding hydrogens is 306 g/mol. The summed E-state index contributed by atoms with van der Waals surface area (Å²) in [6.45, 7) is 8.21. The summed E-state index contributed by atoms with van der Waals surface area (Å²) >= 11 is 0. The standard InChI is InChI=1S/C18H27N3O3/c1-18(2,3)19-17(23)21-11-7-10-20(12-13-21)16(22)14-8-5-6-9-15(14)24-4/h5-6,8-9H,7,10-13H2,1-4H3,(H,19,23). The maximum Gasteiger partial charge on any atom is 0.317 e. The van der Waals surface area contributed by atoms with Gasteiger partial charge in [-0.2, -0.15) is 0 Å². The van der Waals surface area contributed by atoms with Crippen LogP contribution in [0.25, 0.3) is 0 Å². The van der Waals surface area contributed by atoms with Crippen LogP contribution >= 0.6 is 0 Å². The fourth-order valence-electron chi connectivity index (χ4n) is 2.72. The number of urea groups is 1. The lowest BCUT2D eigenvalue weighted by Crippen LogP contribution is -2.49. The number of rotatable bonds is 2. The van der Waals surface area contributed by atoms with Gasteiger partial charge in [0.1, 0.15) is 5.75 Å². The highest BCUT2D eigenvalue weighted by atomic mass is 16.5. The lowest BCUT2D eigenvalue weighted by atomic mass is 10.1. The Morgan fingerprint density at radius 1 is 1.04 bits per heavy atom. The first-order valence-electron chi connectivity index (χ1n) is 8.31. The number of nitrogens with zero attached hydrogens (tertiary/aromatic N) is 2. The molecule has 1 aromatic rings. The molecule has 24 heavy (non-hydrogen) atoms. The fraction of sp³-hybridized carbons (Fsp3) is 0.556. The van der Waals surface area contributed by atoms with Crippen molar-refractivity contribution in [1.82, 2.24) is 15.1 Å². The third-order valence-corrected chi connectivity index (χ3v) is 3.89. The highest BCUT2D eigenvalue weighted by Crippen LogP contribution is 2.20. The minimum atomic E-state index is -0.268. The number of amides is 3. The van der Waals surface area contributed by atoms with Crippen LogP contribution in [0.4, 0.5) is 4.79 Å². The number of carbonyl (C=O) groups is 2. The maximum atomic E-state index is 12.8. The summed E-state index contributed by atoms with van der Waals surface area (Å²) in [5.41, 5.74) is 0.295. The van der Waals surface area contributed by atoms with Gasteiger partial charge in [-0.05, 0) is 39.3 Å². The topological polar surface area (TPSA) is 61.9 Å². The van der Waals surface area contributed by atoms with E-state index in [0.717, 1.165) is 6.42 Å². The number of carbonyl (C=O) groups excluding carboxylic acids is 2. The number of para-hydroxylation sites is 1. The average Bonchev–Trinajstić information content (AvgIpc) is 2.78. The second kappa shape index (κ2) is 7.55. The molecule has 0 spiro atoms.